The van der Waals surface area contributed by atoms with Crippen LogP contribution in [0.4, 0.5) is 3.89 Å². The number of fused-ring (bicyclic) bond motifs is 3. The van der Waals surface area contributed by atoms with Crippen molar-refractivity contribution in [3.05, 3.63) is 16.3 Å². The molecule has 2 aromatic rings. The molecular formula is C12H13FN2O2S3. The van der Waals surface area contributed by atoms with E-state index in [2.05, 4.69) is 9.97 Å². The van der Waals surface area contributed by atoms with E-state index in [1.54, 1.807) is 18.3 Å². The summed E-state index contributed by atoms with van der Waals surface area (Å²) in [5, 5.41) is 0.931. The predicted molar refractivity (Wildman–Crippen MR) is 79.5 cm³/mol. The second-order valence-electron chi connectivity index (χ2n) is 4.77. The number of halogens is 1. The van der Waals surface area contributed by atoms with Crippen molar-refractivity contribution in [1.29, 1.82) is 0 Å². The highest BCUT2D eigenvalue weighted by Gasteiger charge is 2.21. The minimum Gasteiger partial charge on any atom is -0.226 e. The van der Waals surface area contributed by atoms with Crippen LogP contribution in [0.15, 0.2) is 5.03 Å². The Morgan fingerprint density at radius 1 is 1.30 bits per heavy atom. The summed E-state index contributed by atoms with van der Waals surface area (Å²) >= 11 is 2.59. The van der Waals surface area contributed by atoms with Gasteiger partial charge in [0.15, 0.2) is 0 Å². The summed E-state index contributed by atoms with van der Waals surface area (Å²) in [6.45, 7) is 1.77. The first-order chi connectivity index (χ1) is 9.44. The molecule has 0 spiro atoms. The summed E-state index contributed by atoms with van der Waals surface area (Å²) in [6, 6.07) is 0. The molecule has 8 heteroatoms. The average Bonchev–Trinajstić information content (AvgIpc) is 2.72. The molecule has 4 nitrogen and oxygen atoms in total. The summed E-state index contributed by atoms with van der Waals surface area (Å²) in [4.78, 5) is 11.0. The Kier molecular flexibility index (Phi) is 3.72. The molecule has 0 aromatic carbocycles. The lowest BCUT2D eigenvalue weighted by atomic mass is 9.97. The number of hydrogen-bond donors (Lipinski definition) is 0. The molecule has 2 aromatic heterocycles. The Morgan fingerprint density at radius 3 is 2.80 bits per heavy atom. The van der Waals surface area contributed by atoms with Crippen molar-refractivity contribution in [1.82, 2.24) is 9.97 Å². The molecule has 0 fully saturated rings. The van der Waals surface area contributed by atoms with Crippen LogP contribution in [0.2, 0.25) is 0 Å². The monoisotopic (exact) mass is 332 g/mol. The first kappa shape index (κ1) is 14.2. The number of aromatic nitrogens is 2. The van der Waals surface area contributed by atoms with Gasteiger partial charge in [-0.2, -0.15) is 8.42 Å². The Balaban J connectivity index is 2.12. The van der Waals surface area contributed by atoms with Crippen molar-refractivity contribution in [2.24, 2.45) is 0 Å². The van der Waals surface area contributed by atoms with Crippen LogP contribution in [0, 0.1) is 6.92 Å². The van der Waals surface area contributed by atoms with Gasteiger partial charge in [-0.1, -0.05) is 11.8 Å². The van der Waals surface area contributed by atoms with Gasteiger partial charge in [-0.3, -0.25) is 0 Å². The summed E-state index contributed by atoms with van der Waals surface area (Å²) in [5.74, 6) is 0.592. The van der Waals surface area contributed by atoms with Crippen molar-refractivity contribution in [3.63, 3.8) is 0 Å². The van der Waals surface area contributed by atoms with E-state index in [9.17, 15) is 12.3 Å². The van der Waals surface area contributed by atoms with E-state index in [0.29, 0.717) is 10.9 Å². The number of aryl methyl sites for hydroxylation is 3. The Labute approximate surface area is 125 Å². The maximum Gasteiger partial charge on any atom is 0.312 e. The van der Waals surface area contributed by atoms with Gasteiger partial charge < -0.3 is 0 Å². The van der Waals surface area contributed by atoms with E-state index in [1.165, 1.54) is 16.9 Å². The molecule has 0 radical (unpaired) electrons. The fourth-order valence-corrected chi connectivity index (χ4v) is 5.40. The molecule has 0 unspecified atom stereocenters. The molecule has 0 saturated carbocycles. The smallest absolute Gasteiger partial charge is 0.226 e. The van der Waals surface area contributed by atoms with E-state index in [1.807, 2.05) is 0 Å². The molecule has 20 heavy (non-hydrogen) atoms. The number of rotatable bonds is 3. The topological polar surface area (TPSA) is 59.9 Å². The molecule has 0 N–H and O–H groups in total. The number of thiophene rings is 1. The predicted octanol–water partition coefficient (Wildman–Crippen LogP) is 3.23. The normalized spacial score (nSPS) is 15.5. The maximum atomic E-state index is 12.8. The van der Waals surface area contributed by atoms with E-state index in [0.717, 1.165) is 41.2 Å². The van der Waals surface area contributed by atoms with Crippen LogP contribution in [0.1, 0.15) is 29.1 Å². The number of nitrogens with zero attached hydrogens (tertiary/aromatic N) is 2. The lowest BCUT2D eigenvalue weighted by Crippen LogP contribution is -2.01. The Bertz CT molecular complexity index is 771. The van der Waals surface area contributed by atoms with Gasteiger partial charge in [0.05, 0.1) is 0 Å². The van der Waals surface area contributed by atoms with Gasteiger partial charge in [0.1, 0.15) is 20.8 Å². The second-order valence-corrected chi connectivity index (χ2v) is 8.55. The molecule has 1 aliphatic rings. The van der Waals surface area contributed by atoms with Gasteiger partial charge in [-0.05, 0) is 38.2 Å². The lowest BCUT2D eigenvalue weighted by molar-refractivity contribution is 0.558. The minimum absolute atomic E-state index is 0.591. The standard InChI is InChI=1S/C12H13FN2O2S3/c1-7-14-11(18-6-20(13,16)17)10-8-4-2-3-5-9(8)19-12(10)15-7/h2-6H2,1H3. The van der Waals surface area contributed by atoms with E-state index in [-0.39, 0.29) is 0 Å². The highest BCUT2D eigenvalue weighted by Crippen LogP contribution is 2.39. The first-order valence-corrected chi connectivity index (χ1v) is 9.63. The van der Waals surface area contributed by atoms with Crippen molar-refractivity contribution < 1.29 is 12.3 Å². The average molecular weight is 332 g/mol. The molecule has 0 amide bonds. The quantitative estimate of drug-likeness (QED) is 0.491. The van der Waals surface area contributed by atoms with Crippen molar-refractivity contribution in [2.75, 3.05) is 5.08 Å². The highest BCUT2D eigenvalue weighted by atomic mass is 32.3. The van der Waals surface area contributed by atoms with Gasteiger partial charge in [0, 0.05) is 10.3 Å². The zero-order chi connectivity index (χ0) is 14.3. The molecule has 3 rings (SSSR count). The molecule has 1 aliphatic carbocycles. The van der Waals surface area contributed by atoms with Crippen LogP contribution >= 0.6 is 23.1 Å². The molecule has 108 valence electrons. The van der Waals surface area contributed by atoms with Gasteiger partial charge >= 0.3 is 10.2 Å². The lowest BCUT2D eigenvalue weighted by Gasteiger charge is -2.11. The third-order valence-corrected chi connectivity index (χ3v) is 6.58. The fraction of sp³-hybridized carbons (Fsp3) is 0.500. The number of thioether (sulfide) groups is 1. The summed E-state index contributed by atoms with van der Waals surface area (Å²) in [5.41, 5.74) is 1.23. The van der Waals surface area contributed by atoms with Crippen LogP contribution in [-0.4, -0.2) is 23.5 Å². The van der Waals surface area contributed by atoms with Crippen LogP contribution in [0.25, 0.3) is 10.2 Å². The van der Waals surface area contributed by atoms with Gasteiger partial charge in [-0.25, -0.2) is 9.97 Å². The zero-order valence-corrected chi connectivity index (χ0v) is 13.3. The Hall–Kier alpha value is -0.730. The molecular weight excluding hydrogens is 319 g/mol. The molecule has 0 bridgehead atoms. The van der Waals surface area contributed by atoms with E-state index < -0.39 is 15.3 Å². The van der Waals surface area contributed by atoms with Gasteiger partial charge in [-0.15, -0.1) is 15.2 Å². The van der Waals surface area contributed by atoms with Crippen LogP contribution < -0.4 is 0 Å². The van der Waals surface area contributed by atoms with E-state index >= 15 is 0 Å². The first-order valence-electron chi connectivity index (χ1n) is 6.28. The maximum absolute atomic E-state index is 12.8. The number of hydrogen-bond acceptors (Lipinski definition) is 6. The van der Waals surface area contributed by atoms with Gasteiger partial charge in [0.2, 0.25) is 0 Å². The van der Waals surface area contributed by atoms with Gasteiger partial charge in [0.25, 0.3) is 0 Å². The minimum atomic E-state index is -4.50. The van der Waals surface area contributed by atoms with Crippen LogP contribution in [0.3, 0.4) is 0 Å². The SMILES string of the molecule is Cc1nc(SCS(=O)(=O)F)c2c3c(sc2n1)CCCC3. The van der Waals surface area contributed by atoms with E-state index in [4.69, 9.17) is 0 Å². The summed E-state index contributed by atoms with van der Waals surface area (Å²) in [6.07, 6.45) is 4.31. The van der Waals surface area contributed by atoms with Crippen molar-refractivity contribution in [3.8, 4) is 0 Å². The Morgan fingerprint density at radius 2 is 2.05 bits per heavy atom. The van der Waals surface area contributed by atoms with Crippen LogP contribution in [-0.2, 0) is 23.1 Å². The zero-order valence-electron chi connectivity index (χ0n) is 10.8. The molecule has 0 atom stereocenters. The van der Waals surface area contributed by atoms with Crippen LogP contribution in [0.5, 0.6) is 0 Å². The molecule has 0 saturated heterocycles. The van der Waals surface area contributed by atoms with Crippen molar-refractivity contribution in [2.45, 2.75) is 37.6 Å². The second kappa shape index (κ2) is 5.23. The largest absolute Gasteiger partial charge is 0.312 e. The third-order valence-electron chi connectivity index (χ3n) is 3.23. The molecule has 0 aliphatic heterocycles. The van der Waals surface area contributed by atoms with Crippen molar-refractivity contribution >= 4 is 43.5 Å². The summed E-state index contributed by atoms with van der Waals surface area (Å²) in [7, 11) is -4.50. The highest BCUT2D eigenvalue weighted by molar-refractivity contribution is 8.10. The summed E-state index contributed by atoms with van der Waals surface area (Å²) < 4.78 is 34.2. The molecule has 2 heterocycles. The fourth-order valence-electron chi connectivity index (χ4n) is 2.46. The third kappa shape index (κ3) is 2.82.